The average molecular weight is 332 g/mol. The second kappa shape index (κ2) is 7.63. The molecule has 0 aromatic carbocycles. The molecule has 0 spiro atoms. The molecule has 0 bridgehead atoms. The van der Waals surface area contributed by atoms with Gasteiger partial charge in [-0.05, 0) is 51.4 Å². The van der Waals surface area contributed by atoms with E-state index < -0.39 is 0 Å². The fourth-order valence-electron chi connectivity index (χ4n) is 3.35. The fourth-order valence-corrected chi connectivity index (χ4v) is 3.68. The Balaban J connectivity index is 1.71. The summed E-state index contributed by atoms with van der Waals surface area (Å²) >= 11 is 3.48. The number of hydrogen-bond acceptors (Lipinski definition) is 2. The van der Waals surface area contributed by atoms with Crippen LogP contribution in [0.3, 0.4) is 0 Å². The maximum absolute atomic E-state index is 12.4. The van der Waals surface area contributed by atoms with Gasteiger partial charge in [-0.25, -0.2) is 0 Å². The van der Waals surface area contributed by atoms with E-state index in [1.807, 2.05) is 6.92 Å². The van der Waals surface area contributed by atoms with E-state index in [0.717, 1.165) is 44.2 Å². The zero-order chi connectivity index (χ0) is 13.7. The van der Waals surface area contributed by atoms with E-state index in [4.69, 9.17) is 4.74 Å². The second-order valence-corrected chi connectivity index (χ2v) is 6.63. The Kier molecular flexibility index (Phi) is 6.14. The second-order valence-electron chi connectivity index (χ2n) is 5.83. The quantitative estimate of drug-likeness (QED) is 0.669. The molecule has 19 heavy (non-hydrogen) atoms. The standard InChI is InChI=1S/C15H26BrNO2/c1-2-19-14-9-12(10-14)11-15(18)17-8-4-6-13(17)5-3-7-16/h12-14H,2-11H2,1H3. The van der Waals surface area contributed by atoms with Gasteiger partial charge in [-0.1, -0.05) is 15.9 Å². The number of hydrogen-bond donors (Lipinski definition) is 0. The SMILES string of the molecule is CCOC1CC(CC(=O)N2CCCC2CCCBr)C1. The average Bonchev–Trinajstić information content (AvgIpc) is 2.82. The summed E-state index contributed by atoms with van der Waals surface area (Å²) in [6.45, 7) is 3.82. The third-order valence-electron chi connectivity index (χ3n) is 4.43. The van der Waals surface area contributed by atoms with Crippen molar-refractivity contribution in [2.75, 3.05) is 18.5 Å². The van der Waals surface area contributed by atoms with Crippen LogP contribution in [0.2, 0.25) is 0 Å². The zero-order valence-electron chi connectivity index (χ0n) is 11.9. The van der Waals surface area contributed by atoms with E-state index in [9.17, 15) is 4.79 Å². The minimum Gasteiger partial charge on any atom is -0.378 e. The van der Waals surface area contributed by atoms with Gasteiger partial charge >= 0.3 is 0 Å². The third-order valence-corrected chi connectivity index (χ3v) is 4.99. The third kappa shape index (κ3) is 4.19. The minimum absolute atomic E-state index is 0.386. The van der Waals surface area contributed by atoms with Gasteiger partial charge in [0.25, 0.3) is 0 Å². The fraction of sp³-hybridized carbons (Fsp3) is 0.933. The van der Waals surface area contributed by atoms with Gasteiger partial charge in [0.1, 0.15) is 0 Å². The van der Waals surface area contributed by atoms with Crippen molar-refractivity contribution in [3.05, 3.63) is 0 Å². The van der Waals surface area contributed by atoms with Gasteiger partial charge in [0.2, 0.25) is 5.91 Å². The molecular weight excluding hydrogens is 306 g/mol. The summed E-state index contributed by atoms with van der Waals surface area (Å²) < 4.78 is 5.56. The van der Waals surface area contributed by atoms with Crippen molar-refractivity contribution in [2.45, 2.75) is 64.0 Å². The molecule has 1 heterocycles. The minimum atomic E-state index is 0.386. The summed E-state index contributed by atoms with van der Waals surface area (Å²) in [6, 6.07) is 0.507. The Morgan fingerprint density at radius 2 is 2.21 bits per heavy atom. The molecule has 0 aromatic rings. The largest absolute Gasteiger partial charge is 0.378 e. The zero-order valence-corrected chi connectivity index (χ0v) is 13.5. The van der Waals surface area contributed by atoms with Crippen LogP contribution in [-0.2, 0) is 9.53 Å². The molecule has 2 fully saturated rings. The number of carbonyl (C=O) groups is 1. The van der Waals surface area contributed by atoms with Crippen LogP contribution >= 0.6 is 15.9 Å². The lowest BCUT2D eigenvalue weighted by atomic mass is 9.79. The van der Waals surface area contributed by atoms with Crippen LogP contribution in [0.15, 0.2) is 0 Å². The van der Waals surface area contributed by atoms with Gasteiger partial charge in [0.05, 0.1) is 6.10 Å². The molecule has 2 rings (SSSR count). The summed E-state index contributed by atoms with van der Waals surface area (Å²) in [5.74, 6) is 0.957. The number of rotatable bonds is 7. The predicted molar refractivity (Wildman–Crippen MR) is 80.5 cm³/mol. The molecule has 4 heteroatoms. The van der Waals surface area contributed by atoms with Gasteiger partial charge in [-0.2, -0.15) is 0 Å². The van der Waals surface area contributed by atoms with Crippen molar-refractivity contribution >= 4 is 21.8 Å². The maximum atomic E-state index is 12.4. The number of nitrogens with zero attached hydrogens (tertiary/aromatic N) is 1. The highest BCUT2D eigenvalue weighted by atomic mass is 79.9. The highest BCUT2D eigenvalue weighted by Gasteiger charge is 2.34. The first-order chi connectivity index (χ1) is 9.24. The van der Waals surface area contributed by atoms with Crippen molar-refractivity contribution in [3.63, 3.8) is 0 Å². The van der Waals surface area contributed by atoms with E-state index in [0.29, 0.717) is 24.0 Å². The molecule has 110 valence electrons. The van der Waals surface area contributed by atoms with Crippen LogP contribution in [0, 0.1) is 5.92 Å². The summed E-state index contributed by atoms with van der Waals surface area (Å²) in [4.78, 5) is 14.5. The Labute approximate surface area is 125 Å². The molecule has 1 aliphatic carbocycles. The lowest BCUT2D eigenvalue weighted by molar-refractivity contribution is -0.135. The van der Waals surface area contributed by atoms with E-state index >= 15 is 0 Å². The molecule has 1 atom stereocenters. The molecule has 1 saturated heterocycles. The van der Waals surface area contributed by atoms with Crippen molar-refractivity contribution < 1.29 is 9.53 Å². The van der Waals surface area contributed by atoms with Crippen molar-refractivity contribution in [2.24, 2.45) is 5.92 Å². The molecule has 0 aromatic heterocycles. The Morgan fingerprint density at radius 1 is 1.42 bits per heavy atom. The number of amides is 1. The van der Waals surface area contributed by atoms with Gasteiger partial charge in [-0.3, -0.25) is 4.79 Å². The first kappa shape index (κ1) is 15.3. The first-order valence-electron chi connectivity index (χ1n) is 7.71. The Morgan fingerprint density at radius 3 is 2.89 bits per heavy atom. The molecule has 1 saturated carbocycles. The van der Waals surface area contributed by atoms with Crippen molar-refractivity contribution in [1.29, 1.82) is 0 Å². The predicted octanol–water partition coefficient (Wildman–Crippen LogP) is 3.36. The number of halogens is 1. The number of carbonyl (C=O) groups excluding carboxylic acids is 1. The summed E-state index contributed by atoms with van der Waals surface area (Å²) in [7, 11) is 0. The Bertz CT molecular complexity index is 292. The molecule has 1 aliphatic heterocycles. The van der Waals surface area contributed by atoms with Gasteiger partial charge in [-0.15, -0.1) is 0 Å². The molecule has 0 N–H and O–H groups in total. The van der Waals surface area contributed by atoms with E-state index in [-0.39, 0.29) is 0 Å². The van der Waals surface area contributed by atoms with Crippen LogP contribution in [0.4, 0.5) is 0 Å². The number of likely N-dealkylation sites (tertiary alicyclic amines) is 1. The smallest absolute Gasteiger partial charge is 0.223 e. The summed E-state index contributed by atoms with van der Waals surface area (Å²) in [5.41, 5.74) is 0. The van der Waals surface area contributed by atoms with E-state index in [1.165, 1.54) is 19.3 Å². The van der Waals surface area contributed by atoms with Crippen LogP contribution in [0.1, 0.15) is 51.9 Å². The molecule has 3 nitrogen and oxygen atoms in total. The van der Waals surface area contributed by atoms with Gasteiger partial charge < -0.3 is 9.64 Å². The normalized spacial score (nSPS) is 30.4. The molecule has 1 unspecified atom stereocenters. The highest BCUT2D eigenvalue weighted by molar-refractivity contribution is 9.09. The van der Waals surface area contributed by atoms with Crippen LogP contribution in [0.5, 0.6) is 0 Å². The number of alkyl halides is 1. The topological polar surface area (TPSA) is 29.5 Å². The van der Waals surface area contributed by atoms with Crippen LogP contribution in [0.25, 0.3) is 0 Å². The first-order valence-corrected chi connectivity index (χ1v) is 8.83. The highest BCUT2D eigenvalue weighted by Crippen LogP contribution is 2.34. The number of ether oxygens (including phenoxy) is 1. The van der Waals surface area contributed by atoms with Crippen LogP contribution < -0.4 is 0 Å². The lowest BCUT2D eigenvalue weighted by Gasteiger charge is -2.36. The maximum Gasteiger partial charge on any atom is 0.223 e. The van der Waals surface area contributed by atoms with E-state index in [1.54, 1.807) is 0 Å². The molecule has 1 amide bonds. The van der Waals surface area contributed by atoms with Crippen molar-refractivity contribution in [1.82, 2.24) is 4.90 Å². The van der Waals surface area contributed by atoms with Gasteiger partial charge in [0, 0.05) is 30.9 Å². The summed E-state index contributed by atoms with van der Waals surface area (Å²) in [6.07, 6.45) is 8.04. The van der Waals surface area contributed by atoms with Gasteiger partial charge in [0.15, 0.2) is 0 Å². The summed E-state index contributed by atoms with van der Waals surface area (Å²) in [5, 5.41) is 1.05. The van der Waals surface area contributed by atoms with Crippen LogP contribution in [-0.4, -0.2) is 41.4 Å². The molecule has 2 aliphatic rings. The molecular formula is C15H26BrNO2. The molecule has 0 radical (unpaired) electrons. The van der Waals surface area contributed by atoms with Crippen molar-refractivity contribution in [3.8, 4) is 0 Å². The van der Waals surface area contributed by atoms with E-state index in [2.05, 4.69) is 20.8 Å². The Hall–Kier alpha value is -0.0900. The lowest BCUT2D eigenvalue weighted by Crippen LogP contribution is -2.40. The monoisotopic (exact) mass is 331 g/mol.